The van der Waals surface area contributed by atoms with Crippen LogP contribution in [0.4, 0.5) is 0 Å². The molecule has 0 radical (unpaired) electrons. The molecular weight excluding hydrogens is 376 g/mol. The van der Waals surface area contributed by atoms with Crippen LogP contribution >= 0.6 is 0 Å². The fourth-order valence-corrected chi connectivity index (χ4v) is 3.80. The summed E-state index contributed by atoms with van der Waals surface area (Å²) in [6.07, 6.45) is 5.97. The van der Waals surface area contributed by atoms with Gasteiger partial charge in [-0.15, -0.1) is 0 Å². The van der Waals surface area contributed by atoms with Crippen LogP contribution in [0.1, 0.15) is 5.56 Å². The molecule has 2 aromatic carbocycles. The first kappa shape index (κ1) is 18.1. The molecule has 0 aliphatic carbocycles. The number of benzene rings is 2. The Hall–Kier alpha value is -3.93. The van der Waals surface area contributed by atoms with E-state index in [0.717, 1.165) is 33.6 Å². The zero-order chi connectivity index (χ0) is 20.5. The van der Waals surface area contributed by atoms with E-state index in [4.69, 9.17) is 4.74 Å². The molecular formula is C24H20N4O2. The summed E-state index contributed by atoms with van der Waals surface area (Å²) in [5.74, 6) is 0.833. The summed E-state index contributed by atoms with van der Waals surface area (Å²) >= 11 is 0. The molecule has 148 valence electrons. The normalized spacial score (nSPS) is 11.2. The number of ether oxygens (including phenoxy) is 1. The van der Waals surface area contributed by atoms with Crippen molar-refractivity contribution in [3.63, 3.8) is 0 Å². The van der Waals surface area contributed by atoms with Crippen LogP contribution in [0.15, 0.2) is 84.0 Å². The lowest BCUT2D eigenvalue weighted by atomic mass is 10.1. The van der Waals surface area contributed by atoms with E-state index in [0.29, 0.717) is 18.4 Å². The van der Waals surface area contributed by atoms with Gasteiger partial charge in [0.2, 0.25) is 0 Å². The fourth-order valence-electron chi connectivity index (χ4n) is 3.80. The second-order valence-corrected chi connectivity index (χ2v) is 7.09. The third-order valence-corrected chi connectivity index (χ3v) is 5.37. The average molecular weight is 396 g/mol. The first-order valence-corrected chi connectivity index (χ1v) is 9.79. The maximum absolute atomic E-state index is 13.1. The van der Waals surface area contributed by atoms with Gasteiger partial charge in [-0.1, -0.05) is 48.5 Å². The second kappa shape index (κ2) is 7.48. The second-order valence-electron chi connectivity index (χ2n) is 7.09. The molecule has 0 saturated carbocycles. The Labute approximate surface area is 173 Å². The molecule has 30 heavy (non-hydrogen) atoms. The molecule has 0 spiro atoms. The van der Waals surface area contributed by atoms with Gasteiger partial charge in [0, 0.05) is 24.5 Å². The maximum atomic E-state index is 13.1. The Kier molecular flexibility index (Phi) is 4.52. The van der Waals surface area contributed by atoms with Crippen molar-refractivity contribution in [3.05, 3.63) is 95.2 Å². The Morgan fingerprint density at radius 2 is 1.77 bits per heavy atom. The lowest BCUT2D eigenvalue weighted by Crippen LogP contribution is -2.21. The van der Waals surface area contributed by atoms with Gasteiger partial charge in [-0.05, 0) is 29.7 Å². The number of fused-ring (bicyclic) bond motifs is 3. The summed E-state index contributed by atoms with van der Waals surface area (Å²) in [4.78, 5) is 17.6. The molecule has 0 aliphatic heterocycles. The molecule has 6 nitrogen and oxygen atoms in total. The van der Waals surface area contributed by atoms with Crippen molar-refractivity contribution in [2.24, 2.45) is 0 Å². The smallest absolute Gasteiger partial charge is 0.261 e. The summed E-state index contributed by atoms with van der Waals surface area (Å²) in [6, 6.07) is 19.8. The predicted molar refractivity (Wildman–Crippen MR) is 117 cm³/mol. The molecule has 5 aromatic rings. The van der Waals surface area contributed by atoms with Crippen molar-refractivity contribution in [1.29, 1.82) is 0 Å². The van der Waals surface area contributed by atoms with Gasteiger partial charge in [0.05, 0.1) is 24.2 Å². The highest BCUT2D eigenvalue weighted by Crippen LogP contribution is 2.24. The van der Waals surface area contributed by atoms with E-state index in [1.165, 1.54) is 0 Å². The van der Waals surface area contributed by atoms with Crippen LogP contribution in [0, 0.1) is 0 Å². The summed E-state index contributed by atoms with van der Waals surface area (Å²) < 4.78 is 8.86. The average Bonchev–Trinajstić information content (AvgIpc) is 3.24. The summed E-state index contributed by atoms with van der Waals surface area (Å²) in [5.41, 5.74) is 4.47. The molecule has 0 amide bonds. The number of aryl methyl sites for hydroxylation is 2. The lowest BCUT2D eigenvalue weighted by molar-refractivity contribution is 0.408. The Balaban J connectivity index is 1.53. The van der Waals surface area contributed by atoms with E-state index in [2.05, 4.69) is 10.1 Å². The largest absolute Gasteiger partial charge is 0.496 e. The standard InChI is InChI=1S/C24H20N4O2/c1-30-22-10-6-5-9-18(22)11-13-27-14-12-21-20(24(27)29)15-25-23-19(16-26-28(21)23)17-7-3-2-4-8-17/h2-10,12,14-16H,11,13H2,1H3. The number of para-hydroxylation sites is 1. The first-order chi connectivity index (χ1) is 14.8. The summed E-state index contributed by atoms with van der Waals surface area (Å²) in [6.45, 7) is 0.557. The number of pyridine rings is 1. The SMILES string of the molecule is COc1ccccc1CCn1ccc2c(cnc3c(-c4ccccc4)cnn32)c1=O. The molecule has 3 aromatic heterocycles. The van der Waals surface area contributed by atoms with E-state index in [9.17, 15) is 4.79 Å². The minimum Gasteiger partial charge on any atom is -0.496 e. The van der Waals surface area contributed by atoms with E-state index in [-0.39, 0.29) is 5.56 Å². The third-order valence-electron chi connectivity index (χ3n) is 5.37. The molecule has 6 heteroatoms. The van der Waals surface area contributed by atoms with Crippen molar-refractivity contribution in [1.82, 2.24) is 19.2 Å². The fraction of sp³-hybridized carbons (Fsp3) is 0.125. The monoisotopic (exact) mass is 396 g/mol. The van der Waals surface area contributed by atoms with Crippen LogP contribution in [0.25, 0.3) is 27.7 Å². The van der Waals surface area contributed by atoms with Gasteiger partial charge in [0.1, 0.15) is 5.75 Å². The van der Waals surface area contributed by atoms with Crippen molar-refractivity contribution in [2.75, 3.05) is 7.11 Å². The molecule has 0 unspecified atom stereocenters. The summed E-state index contributed by atoms with van der Waals surface area (Å²) in [7, 11) is 1.66. The summed E-state index contributed by atoms with van der Waals surface area (Å²) in [5, 5.41) is 5.05. The number of nitrogens with zero attached hydrogens (tertiary/aromatic N) is 4. The van der Waals surface area contributed by atoms with Crippen LogP contribution in [-0.2, 0) is 13.0 Å². The number of rotatable bonds is 5. The number of methoxy groups -OCH3 is 1. The Morgan fingerprint density at radius 1 is 0.967 bits per heavy atom. The van der Waals surface area contributed by atoms with Crippen molar-refractivity contribution >= 4 is 16.6 Å². The van der Waals surface area contributed by atoms with E-state index in [1.54, 1.807) is 28.6 Å². The first-order valence-electron chi connectivity index (χ1n) is 9.79. The third kappa shape index (κ3) is 3.03. The highest BCUT2D eigenvalue weighted by atomic mass is 16.5. The Morgan fingerprint density at radius 3 is 2.60 bits per heavy atom. The highest BCUT2D eigenvalue weighted by Gasteiger charge is 2.13. The van der Waals surface area contributed by atoms with E-state index in [1.807, 2.05) is 66.9 Å². The van der Waals surface area contributed by atoms with Crippen molar-refractivity contribution in [2.45, 2.75) is 13.0 Å². The Bertz CT molecular complexity index is 1400. The number of aromatic nitrogens is 4. The van der Waals surface area contributed by atoms with Crippen LogP contribution in [0.2, 0.25) is 0 Å². The van der Waals surface area contributed by atoms with E-state index < -0.39 is 0 Å². The lowest BCUT2D eigenvalue weighted by Gasteiger charge is -2.10. The van der Waals surface area contributed by atoms with Crippen LogP contribution < -0.4 is 10.3 Å². The van der Waals surface area contributed by atoms with Crippen LogP contribution in [-0.4, -0.2) is 26.3 Å². The predicted octanol–water partition coefficient (Wildman–Crippen LogP) is 3.96. The zero-order valence-corrected chi connectivity index (χ0v) is 16.5. The van der Waals surface area contributed by atoms with Crippen LogP contribution in [0.5, 0.6) is 5.75 Å². The molecule has 0 aliphatic rings. The molecule has 0 fully saturated rings. The zero-order valence-electron chi connectivity index (χ0n) is 16.5. The minimum atomic E-state index is -0.0754. The van der Waals surface area contributed by atoms with Gasteiger partial charge < -0.3 is 9.30 Å². The van der Waals surface area contributed by atoms with Crippen molar-refractivity contribution < 1.29 is 4.74 Å². The number of hydrogen-bond acceptors (Lipinski definition) is 4. The van der Waals surface area contributed by atoms with Gasteiger partial charge in [0.15, 0.2) is 5.65 Å². The van der Waals surface area contributed by atoms with E-state index >= 15 is 0 Å². The number of hydrogen-bond donors (Lipinski definition) is 0. The molecule has 0 atom stereocenters. The quantitative estimate of drug-likeness (QED) is 0.451. The minimum absolute atomic E-state index is 0.0754. The molecule has 5 rings (SSSR count). The maximum Gasteiger partial charge on any atom is 0.261 e. The van der Waals surface area contributed by atoms with Gasteiger partial charge in [-0.3, -0.25) is 4.79 Å². The van der Waals surface area contributed by atoms with Gasteiger partial charge in [-0.25, -0.2) is 9.50 Å². The van der Waals surface area contributed by atoms with Gasteiger partial charge in [0.25, 0.3) is 5.56 Å². The molecule has 0 bridgehead atoms. The molecule has 0 saturated heterocycles. The molecule has 3 heterocycles. The van der Waals surface area contributed by atoms with Crippen LogP contribution in [0.3, 0.4) is 0 Å². The molecule has 0 N–H and O–H groups in total. The highest BCUT2D eigenvalue weighted by molar-refractivity contribution is 5.84. The van der Waals surface area contributed by atoms with Gasteiger partial charge >= 0.3 is 0 Å². The topological polar surface area (TPSA) is 61.4 Å². The van der Waals surface area contributed by atoms with Gasteiger partial charge in [-0.2, -0.15) is 5.10 Å². The van der Waals surface area contributed by atoms with Crippen molar-refractivity contribution in [3.8, 4) is 16.9 Å².